The van der Waals surface area contributed by atoms with Gasteiger partial charge in [-0.1, -0.05) is 32.3 Å². The van der Waals surface area contributed by atoms with Gasteiger partial charge in [-0.25, -0.2) is 9.67 Å². The van der Waals surface area contributed by atoms with E-state index in [1.807, 2.05) is 6.07 Å². The van der Waals surface area contributed by atoms with E-state index < -0.39 is 8.07 Å². The van der Waals surface area contributed by atoms with Gasteiger partial charge in [0.15, 0.2) is 11.3 Å². The highest BCUT2D eigenvalue weighted by Crippen LogP contribution is 2.21. The molecule has 21 heavy (non-hydrogen) atoms. The van der Waals surface area contributed by atoms with Gasteiger partial charge < -0.3 is 4.74 Å². The van der Waals surface area contributed by atoms with Gasteiger partial charge in [-0.2, -0.15) is 10.4 Å². The predicted octanol–water partition coefficient (Wildman–Crippen LogP) is 3.26. The Bertz CT molecular complexity index is 694. The number of fused-ring (bicyclic) bond motifs is 1. The molecule has 0 atom stereocenters. The summed E-state index contributed by atoms with van der Waals surface area (Å²) in [6.45, 7) is 11.7. The van der Waals surface area contributed by atoms with Crippen molar-refractivity contribution in [1.82, 2.24) is 14.8 Å². The zero-order valence-corrected chi connectivity index (χ0v) is 13.8. The van der Waals surface area contributed by atoms with Crippen LogP contribution < -0.4 is 0 Å². The van der Waals surface area contributed by atoms with Gasteiger partial charge in [0, 0.05) is 20.9 Å². The van der Waals surface area contributed by atoms with E-state index in [1.54, 1.807) is 17.0 Å². The normalized spacial score (nSPS) is 11.5. The van der Waals surface area contributed by atoms with E-state index in [0.717, 1.165) is 17.0 Å². The Morgan fingerprint density at radius 1 is 1.48 bits per heavy atom. The maximum atomic E-state index is 9.22. The lowest BCUT2D eigenvalue weighted by Crippen LogP contribution is -2.22. The number of pyridine rings is 1. The van der Waals surface area contributed by atoms with Gasteiger partial charge in [0.2, 0.25) is 0 Å². The Morgan fingerprint density at radius 3 is 2.86 bits per heavy atom. The van der Waals surface area contributed by atoms with Gasteiger partial charge in [0.25, 0.3) is 0 Å². The molecule has 0 aliphatic carbocycles. The van der Waals surface area contributed by atoms with Crippen molar-refractivity contribution in [2.24, 2.45) is 0 Å². The predicted molar refractivity (Wildman–Crippen MR) is 86.4 cm³/mol. The molecule has 5 nitrogen and oxygen atoms in total. The summed E-state index contributed by atoms with van der Waals surface area (Å²) in [5.74, 6) is 0. The highest BCUT2D eigenvalue weighted by molar-refractivity contribution is 6.76. The zero-order valence-electron chi connectivity index (χ0n) is 12.8. The van der Waals surface area contributed by atoms with Crippen LogP contribution in [0.3, 0.4) is 0 Å². The molecule has 110 valence electrons. The smallest absolute Gasteiger partial charge is 0.172 e. The Labute approximate surface area is 125 Å². The number of nitrogens with zero attached hydrogens (tertiary/aromatic N) is 4. The van der Waals surface area contributed by atoms with E-state index in [9.17, 15) is 5.26 Å². The molecule has 0 N–H and O–H groups in total. The summed E-state index contributed by atoms with van der Waals surface area (Å²) in [6.07, 6.45) is 3.41. The molecule has 0 amide bonds. The first-order valence-electron chi connectivity index (χ1n) is 6.92. The largest absolute Gasteiger partial charge is 0.359 e. The van der Waals surface area contributed by atoms with Crippen LogP contribution in [0.25, 0.3) is 17.1 Å². The van der Waals surface area contributed by atoms with E-state index in [-0.39, 0.29) is 0 Å². The highest BCUT2D eigenvalue weighted by Gasteiger charge is 2.15. The first-order chi connectivity index (χ1) is 9.96. The van der Waals surface area contributed by atoms with Gasteiger partial charge >= 0.3 is 0 Å². The second kappa shape index (κ2) is 6.20. The molecule has 0 saturated carbocycles. The average molecular weight is 300 g/mol. The molecule has 2 aromatic heterocycles. The summed E-state index contributed by atoms with van der Waals surface area (Å²) >= 11 is 0. The van der Waals surface area contributed by atoms with Crippen LogP contribution >= 0.6 is 0 Å². The molecule has 0 aromatic carbocycles. The van der Waals surface area contributed by atoms with Crippen molar-refractivity contribution in [3.8, 4) is 6.07 Å². The van der Waals surface area contributed by atoms with Crippen molar-refractivity contribution in [3.63, 3.8) is 0 Å². The second-order valence-electron chi connectivity index (χ2n) is 6.11. The summed E-state index contributed by atoms with van der Waals surface area (Å²) in [6, 6.07) is 5.04. The van der Waals surface area contributed by atoms with Gasteiger partial charge in [0.1, 0.15) is 12.8 Å². The first kappa shape index (κ1) is 15.4. The maximum absolute atomic E-state index is 9.22. The third kappa shape index (κ3) is 3.57. The minimum atomic E-state index is -1.10. The lowest BCUT2D eigenvalue weighted by molar-refractivity contribution is 0.0812. The third-order valence-corrected chi connectivity index (χ3v) is 4.91. The van der Waals surface area contributed by atoms with Crippen LogP contribution in [0, 0.1) is 11.3 Å². The fraction of sp³-hybridized carbons (Fsp3) is 0.400. The topological polar surface area (TPSA) is 63.7 Å². The summed E-state index contributed by atoms with van der Waals surface area (Å²) in [4.78, 5) is 4.32. The molecule has 0 spiro atoms. The highest BCUT2D eigenvalue weighted by atomic mass is 28.3. The molecule has 0 fully saturated rings. The molecular formula is C15H20N4OSi. The van der Waals surface area contributed by atoms with Crippen molar-refractivity contribution in [3.05, 3.63) is 30.1 Å². The van der Waals surface area contributed by atoms with Gasteiger partial charge in [-0.05, 0) is 17.7 Å². The molecule has 2 aromatic rings. The van der Waals surface area contributed by atoms with Crippen LogP contribution in [-0.2, 0) is 11.5 Å². The first-order valence-corrected chi connectivity index (χ1v) is 10.6. The summed E-state index contributed by atoms with van der Waals surface area (Å²) in [5.41, 5.74) is 1.89. The number of hydrogen-bond acceptors (Lipinski definition) is 4. The molecule has 0 bridgehead atoms. The standard InChI is InChI=1S/C15H20N4OSi/c1-5-12-6-7-17-15-14(12)13(10-16)18-19(15)11-20-8-9-21(2,3)4/h5-7H,1,8-9,11H2,2-4H3. The SMILES string of the molecule is C=Cc1ccnc2c1c(C#N)nn2COCC[Si](C)(C)C. The van der Waals surface area contributed by atoms with Crippen LogP contribution in [0.1, 0.15) is 11.3 Å². The van der Waals surface area contributed by atoms with Gasteiger partial charge in [0.05, 0.1) is 5.39 Å². The van der Waals surface area contributed by atoms with Crippen molar-refractivity contribution in [1.29, 1.82) is 5.26 Å². The van der Waals surface area contributed by atoms with E-state index in [4.69, 9.17) is 4.74 Å². The maximum Gasteiger partial charge on any atom is 0.172 e. The fourth-order valence-electron chi connectivity index (χ4n) is 1.99. The van der Waals surface area contributed by atoms with Crippen LogP contribution in [0.2, 0.25) is 25.7 Å². The lowest BCUT2D eigenvalue weighted by atomic mass is 10.1. The Morgan fingerprint density at radius 2 is 2.24 bits per heavy atom. The van der Waals surface area contributed by atoms with Crippen LogP contribution in [0.5, 0.6) is 0 Å². The number of ether oxygens (including phenoxy) is 1. The second-order valence-corrected chi connectivity index (χ2v) is 11.7. The van der Waals surface area contributed by atoms with Crippen molar-refractivity contribution in [2.75, 3.05) is 6.61 Å². The molecular weight excluding hydrogens is 280 g/mol. The number of nitriles is 1. The number of aromatic nitrogens is 3. The fourth-order valence-corrected chi connectivity index (χ4v) is 2.75. The molecule has 0 saturated heterocycles. The van der Waals surface area contributed by atoms with Gasteiger partial charge in [-0.3, -0.25) is 0 Å². The average Bonchev–Trinajstić information content (AvgIpc) is 2.81. The van der Waals surface area contributed by atoms with E-state index in [2.05, 4.69) is 42.4 Å². The van der Waals surface area contributed by atoms with E-state index in [1.165, 1.54) is 0 Å². The molecule has 0 radical (unpaired) electrons. The summed E-state index contributed by atoms with van der Waals surface area (Å²) in [5, 5.41) is 14.2. The number of rotatable bonds is 6. The quantitative estimate of drug-likeness (QED) is 0.607. The van der Waals surface area contributed by atoms with Gasteiger partial charge in [-0.15, -0.1) is 0 Å². The Hall–Kier alpha value is -1.97. The van der Waals surface area contributed by atoms with Crippen molar-refractivity contribution >= 4 is 25.2 Å². The van der Waals surface area contributed by atoms with Crippen LogP contribution in [0.15, 0.2) is 18.8 Å². The molecule has 0 unspecified atom stereocenters. The molecule has 6 heteroatoms. The van der Waals surface area contributed by atoms with E-state index in [0.29, 0.717) is 24.7 Å². The summed E-state index contributed by atoms with van der Waals surface area (Å²) < 4.78 is 7.34. The lowest BCUT2D eigenvalue weighted by Gasteiger charge is -2.15. The summed E-state index contributed by atoms with van der Waals surface area (Å²) in [7, 11) is -1.10. The van der Waals surface area contributed by atoms with Crippen molar-refractivity contribution < 1.29 is 4.74 Å². The van der Waals surface area contributed by atoms with Crippen LogP contribution in [-0.4, -0.2) is 29.4 Å². The number of hydrogen-bond donors (Lipinski definition) is 0. The van der Waals surface area contributed by atoms with Crippen LogP contribution in [0.4, 0.5) is 0 Å². The molecule has 2 rings (SSSR count). The molecule has 0 aliphatic rings. The third-order valence-electron chi connectivity index (χ3n) is 3.20. The van der Waals surface area contributed by atoms with Crippen molar-refractivity contribution in [2.45, 2.75) is 32.4 Å². The van der Waals surface area contributed by atoms with E-state index >= 15 is 0 Å². The minimum absolute atomic E-state index is 0.316. The minimum Gasteiger partial charge on any atom is -0.359 e. The molecule has 0 aliphatic heterocycles. The monoisotopic (exact) mass is 300 g/mol. The Balaban J connectivity index is 2.22. The zero-order chi connectivity index (χ0) is 15.5. The molecule has 2 heterocycles. The Kier molecular flexibility index (Phi) is 4.55.